The van der Waals surface area contributed by atoms with E-state index in [9.17, 15) is 0 Å². The Balaban J connectivity index is 1.85. The van der Waals surface area contributed by atoms with Crippen LogP contribution in [0.4, 0.5) is 0 Å². The third-order valence-corrected chi connectivity index (χ3v) is 5.76. The van der Waals surface area contributed by atoms with Crippen LogP contribution >= 0.6 is 11.8 Å². The second-order valence-corrected chi connectivity index (χ2v) is 8.42. The highest BCUT2D eigenvalue weighted by atomic mass is 32.2. The van der Waals surface area contributed by atoms with Crippen molar-refractivity contribution >= 4 is 17.7 Å². The second-order valence-electron chi connectivity index (χ2n) is 7.15. The lowest BCUT2D eigenvalue weighted by Gasteiger charge is -2.36. The second kappa shape index (κ2) is 8.25. The molecule has 0 saturated carbocycles. The number of oxazole rings is 1. The van der Waals surface area contributed by atoms with Crippen molar-refractivity contribution < 1.29 is 9.15 Å². The third kappa shape index (κ3) is 5.14. The Labute approximate surface area is 149 Å². The summed E-state index contributed by atoms with van der Waals surface area (Å²) in [7, 11) is 1.78. The van der Waals surface area contributed by atoms with Gasteiger partial charge in [0.25, 0.3) is 0 Å². The molecule has 1 aromatic rings. The van der Waals surface area contributed by atoms with E-state index in [2.05, 4.69) is 47.6 Å². The molecule has 1 saturated heterocycles. The number of aromatic nitrogens is 1. The summed E-state index contributed by atoms with van der Waals surface area (Å²) in [5.74, 6) is 2.34. The van der Waals surface area contributed by atoms with Crippen LogP contribution in [-0.4, -0.2) is 48.8 Å². The fourth-order valence-corrected chi connectivity index (χ4v) is 3.35. The fraction of sp³-hybridized carbons (Fsp3) is 0.765. The molecule has 0 aliphatic carbocycles. The quantitative estimate of drug-likeness (QED) is 0.625. The fourth-order valence-electron chi connectivity index (χ4n) is 2.56. The summed E-state index contributed by atoms with van der Waals surface area (Å²) in [5, 5.41) is 6.70. The molecule has 1 aliphatic rings. The van der Waals surface area contributed by atoms with E-state index in [1.54, 1.807) is 13.2 Å². The van der Waals surface area contributed by atoms with E-state index in [-0.39, 0.29) is 10.2 Å². The lowest BCUT2D eigenvalue weighted by atomic mass is 9.94. The van der Waals surface area contributed by atoms with E-state index < -0.39 is 0 Å². The highest BCUT2D eigenvalue weighted by Crippen LogP contribution is 2.32. The maximum absolute atomic E-state index is 5.80. The van der Waals surface area contributed by atoms with Crippen molar-refractivity contribution in [2.24, 2.45) is 4.99 Å². The van der Waals surface area contributed by atoms with Crippen LogP contribution in [0, 0.1) is 0 Å². The predicted octanol–water partition coefficient (Wildman–Crippen LogP) is 2.55. The van der Waals surface area contributed by atoms with Gasteiger partial charge in [0.2, 0.25) is 5.89 Å². The molecule has 0 amide bonds. The van der Waals surface area contributed by atoms with Crippen molar-refractivity contribution in [3.05, 3.63) is 17.8 Å². The average Bonchev–Trinajstić information content (AvgIpc) is 3.05. The zero-order chi connectivity index (χ0) is 17.6. The maximum Gasteiger partial charge on any atom is 0.213 e. The van der Waals surface area contributed by atoms with E-state index in [4.69, 9.17) is 9.15 Å². The molecule has 6 nitrogen and oxygen atoms in total. The highest BCUT2D eigenvalue weighted by Gasteiger charge is 2.31. The number of hydrogen-bond acceptors (Lipinski definition) is 5. The zero-order valence-corrected chi connectivity index (χ0v) is 16.3. The van der Waals surface area contributed by atoms with Crippen molar-refractivity contribution in [2.75, 3.05) is 33.1 Å². The van der Waals surface area contributed by atoms with E-state index >= 15 is 0 Å². The van der Waals surface area contributed by atoms with Crippen LogP contribution in [0.2, 0.25) is 0 Å². The molecule has 7 heteroatoms. The summed E-state index contributed by atoms with van der Waals surface area (Å²) in [6.45, 7) is 9.39. The van der Waals surface area contributed by atoms with Crippen molar-refractivity contribution in [2.45, 2.75) is 50.3 Å². The molecule has 0 radical (unpaired) electrons. The molecule has 0 atom stereocenters. The van der Waals surface area contributed by atoms with Crippen LogP contribution < -0.4 is 10.6 Å². The summed E-state index contributed by atoms with van der Waals surface area (Å²) in [6, 6.07) is 0. The van der Waals surface area contributed by atoms with Gasteiger partial charge in [0, 0.05) is 37.0 Å². The molecular formula is C17H30N4O2S. The first-order valence-electron chi connectivity index (χ1n) is 8.41. The molecule has 2 rings (SSSR count). The Morgan fingerprint density at radius 3 is 2.58 bits per heavy atom. The minimum absolute atomic E-state index is 0.0288. The standard InChI is InChI=1S/C17H30N4O2S/c1-16(2,3)13-10-19-14(23-13)11-20-15(18-4)21-12-17(24-5)6-8-22-9-7-17/h10H,6-9,11-12H2,1-5H3,(H2,18,20,21). The molecule has 0 aromatic carbocycles. The molecule has 24 heavy (non-hydrogen) atoms. The lowest BCUT2D eigenvalue weighted by Crippen LogP contribution is -2.47. The summed E-state index contributed by atoms with van der Waals surface area (Å²) in [5.41, 5.74) is -0.0288. The third-order valence-electron chi connectivity index (χ3n) is 4.34. The molecule has 0 unspecified atom stereocenters. The minimum atomic E-state index is -0.0288. The van der Waals surface area contributed by atoms with Gasteiger partial charge in [0.1, 0.15) is 5.76 Å². The largest absolute Gasteiger partial charge is 0.443 e. The SMILES string of the molecule is CN=C(NCc1ncc(C(C)(C)C)o1)NCC1(SC)CCOCC1. The number of aliphatic imine (C=N–C) groups is 1. The highest BCUT2D eigenvalue weighted by molar-refractivity contribution is 8.00. The molecule has 2 heterocycles. The number of rotatable bonds is 5. The molecular weight excluding hydrogens is 324 g/mol. The molecule has 1 aliphatic heterocycles. The predicted molar refractivity (Wildman–Crippen MR) is 99.7 cm³/mol. The number of guanidine groups is 1. The summed E-state index contributed by atoms with van der Waals surface area (Å²) in [4.78, 5) is 8.63. The first-order valence-corrected chi connectivity index (χ1v) is 9.64. The summed E-state index contributed by atoms with van der Waals surface area (Å²) >= 11 is 1.91. The molecule has 136 valence electrons. The van der Waals surface area contributed by atoms with Crippen molar-refractivity contribution in [1.29, 1.82) is 0 Å². The van der Waals surface area contributed by atoms with Crippen molar-refractivity contribution in [3.63, 3.8) is 0 Å². The summed E-state index contributed by atoms with van der Waals surface area (Å²) in [6.07, 6.45) is 6.10. The van der Waals surface area contributed by atoms with Gasteiger partial charge in [0.05, 0.1) is 12.7 Å². The van der Waals surface area contributed by atoms with Crippen LogP contribution in [0.25, 0.3) is 0 Å². The zero-order valence-electron chi connectivity index (χ0n) is 15.4. The van der Waals surface area contributed by atoms with Gasteiger partial charge < -0.3 is 19.8 Å². The minimum Gasteiger partial charge on any atom is -0.443 e. The van der Waals surface area contributed by atoms with Crippen LogP contribution in [-0.2, 0) is 16.7 Å². The molecule has 2 N–H and O–H groups in total. The first-order chi connectivity index (χ1) is 11.4. The smallest absolute Gasteiger partial charge is 0.213 e. The topological polar surface area (TPSA) is 71.7 Å². The van der Waals surface area contributed by atoms with Gasteiger partial charge in [-0.15, -0.1) is 0 Å². The van der Waals surface area contributed by atoms with Gasteiger partial charge in [-0.2, -0.15) is 11.8 Å². The Morgan fingerprint density at radius 2 is 2.04 bits per heavy atom. The van der Waals surface area contributed by atoms with E-state index in [1.807, 2.05) is 11.8 Å². The number of nitrogens with one attached hydrogen (secondary N) is 2. The maximum atomic E-state index is 5.80. The Morgan fingerprint density at radius 1 is 1.33 bits per heavy atom. The van der Waals surface area contributed by atoms with Crippen LogP contribution in [0.15, 0.2) is 15.6 Å². The molecule has 0 bridgehead atoms. The number of hydrogen-bond donors (Lipinski definition) is 2. The lowest BCUT2D eigenvalue weighted by molar-refractivity contribution is 0.0783. The summed E-state index contributed by atoms with van der Waals surface area (Å²) < 4.78 is 11.5. The monoisotopic (exact) mass is 354 g/mol. The van der Waals surface area contributed by atoms with Crippen LogP contribution in [0.1, 0.15) is 45.3 Å². The van der Waals surface area contributed by atoms with Crippen molar-refractivity contribution in [1.82, 2.24) is 15.6 Å². The van der Waals surface area contributed by atoms with E-state index in [0.717, 1.165) is 44.3 Å². The normalized spacial score (nSPS) is 18.5. The van der Waals surface area contributed by atoms with Gasteiger partial charge in [-0.05, 0) is 19.1 Å². The first kappa shape index (κ1) is 19.1. The molecule has 1 fully saturated rings. The van der Waals surface area contributed by atoms with Gasteiger partial charge in [-0.3, -0.25) is 4.99 Å². The van der Waals surface area contributed by atoms with E-state index in [1.165, 1.54) is 0 Å². The molecule has 0 spiro atoms. The Bertz CT molecular complexity index is 545. The van der Waals surface area contributed by atoms with Gasteiger partial charge in [-0.25, -0.2) is 4.98 Å². The Kier molecular flexibility index (Phi) is 6.57. The molecule has 1 aromatic heterocycles. The van der Waals surface area contributed by atoms with Gasteiger partial charge >= 0.3 is 0 Å². The van der Waals surface area contributed by atoms with Gasteiger partial charge in [0.15, 0.2) is 5.96 Å². The Hall–Kier alpha value is -1.21. The number of nitrogens with zero attached hydrogens (tertiary/aromatic N) is 2. The van der Waals surface area contributed by atoms with Gasteiger partial charge in [-0.1, -0.05) is 20.8 Å². The van der Waals surface area contributed by atoms with Crippen molar-refractivity contribution in [3.8, 4) is 0 Å². The van der Waals surface area contributed by atoms with Crippen LogP contribution in [0.3, 0.4) is 0 Å². The number of thioether (sulfide) groups is 1. The van der Waals surface area contributed by atoms with Crippen LogP contribution in [0.5, 0.6) is 0 Å². The van der Waals surface area contributed by atoms with E-state index in [0.29, 0.717) is 12.4 Å². The number of ether oxygens (including phenoxy) is 1. The average molecular weight is 355 g/mol.